The summed E-state index contributed by atoms with van der Waals surface area (Å²) in [4.78, 5) is 0. The fourth-order valence-corrected chi connectivity index (χ4v) is 1.97. The second-order valence-corrected chi connectivity index (χ2v) is 3.96. The zero-order valence-corrected chi connectivity index (χ0v) is 8.26. The van der Waals surface area contributed by atoms with Crippen molar-refractivity contribution in [2.24, 2.45) is 0 Å². The van der Waals surface area contributed by atoms with E-state index < -0.39 is 0 Å². The van der Waals surface area contributed by atoms with Gasteiger partial charge in [0.2, 0.25) is 0 Å². The van der Waals surface area contributed by atoms with E-state index in [9.17, 15) is 5.11 Å². The van der Waals surface area contributed by atoms with E-state index in [0.717, 1.165) is 16.5 Å². The minimum Gasteiger partial charge on any atom is -0.504 e. The van der Waals surface area contributed by atoms with Crippen LogP contribution in [0.5, 0.6) is 11.5 Å². The summed E-state index contributed by atoms with van der Waals surface area (Å²) in [5.74, 6) is 0.870. The zero-order chi connectivity index (χ0) is 8.72. The van der Waals surface area contributed by atoms with E-state index in [1.165, 1.54) is 0 Å². The summed E-state index contributed by atoms with van der Waals surface area (Å²) in [6.45, 7) is 1.99. The molecule has 1 aliphatic heterocycles. The van der Waals surface area contributed by atoms with Gasteiger partial charge in [0.15, 0.2) is 11.5 Å². The van der Waals surface area contributed by atoms with Gasteiger partial charge in [-0.05, 0) is 19.1 Å². The lowest BCUT2D eigenvalue weighted by molar-refractivity contribution is 0.245. The molecule has 64 valence electrons. The molecule has 1 aromatic rings. The molecule has 12 heavy (non-hydrogen) atoms. The van der Waals surface area contributed by atoms with E-state index in [-0.39, 0.29) is 11.9 Å². The van der Waals surface area contributed by atoms with Gasteiger partial charge in [-0.3, -0.25) is 0 Å². The van der Waals surface area contributed by atoms with Crippen molar-refractivity contribution in [1.82, 2.24) is 0 Å². The molecule has 0 bridgehead atoms. The van der Waals surface area contributed by atoms with Crippen LogP contribution in [0.15, 0.2) is 16.6 Å². The van der Waals surface area contributed by atoms with Gasteiger partial charge >= 0.3 is 0 Å². The summed E-state index contributed by atoms with van der Waals surface area (Å²) in [5, 5.41) is 9.47. The Kier molecular flexibility index (Phi) is 1.76. The SMILES string of the molecule is CC1Cc2cc(Br)cc(O)c2O1. The molecule has 2 rings (SSSR count). The molecule has 0 fully saturated rings. The van der Waals surface area contributed by atoms with Crippen LogP contribution in [0.4, 0.5) is 0 Å². The first-order valence-electron chi connectivity index (χ1n) is 3.85. The second-order valence-electron chi connectivity index (χ2n) is 3.05. The van der Waals surface area contributed by atoms with Gasteiger partial charge in [-0.15, -0.1) is 0 Å². The van der Waals surface area contributed by atoms with Gasteiger partial charge in [0.05, 0.1) is 0 Å². The smallest absolute Gasteiger partial charge is 0.164 e. The van der Waals surface area contributed by atoms with Crippen LogP contribution in [0.1, 0.15) is 12.5 Å². The number of phenols is 1. The third kappa shape index (κ3) is 1.18. The van der Waals surface area contributed by atoms with Gasteiger partial charge in [0.25, 0.3) is 0 Å². The van der Waals surface area contributed by atoms with Crippen molar-refractivity contribution in [2.45, 2.75) is 19.4 Å². The third-order valence-corrected chi connectivity index (χ3v) is 2.40. The summed E-state index contributed by atoms with van der Waals surface area (Å²) in [6, 6.07) is 3.63. The largest absolute Gasteiger partial charge is 0.504 e. The zero-order valence-electron chi connectivity index (χ0n) is 6.67. The van der Waals surface area contributed by atoms with Crippen molar-refractivity contribution < 1.29 is 9.84 Å². The lowest BCUT2D eigenvalue weighted by Crippen LogP contribution is -2.05. The highest BCUT2D eigenvalue weighted by atomic mass is 79.9. The summed E-state index contributed by atoms with van der Waals surface area (Å²) >= 11 is 3.32. The maximum absolute atomic E-state index is 9.47. The number of ether oxygens (including phenoxy) is 1. The number of benzene rings is 1. The number of fused-ring (bicyclic) bond motifs is 1. The Balaban J connectivity index is 2.52. The number of rotatable bonds is 0. The van der Waals surface area contributed by atoms with Gasteiger partial charge in [0.1, 0.15) is 6.10 Å². The second kappa shape index (κ2) is 2.66. The molecule has 2 nitrogen and oxygen atoms in total. The van der Waals surface area contributed by atoms with Gasteiger partial charge in [-0.1, -0.05) is 15.9 Å². The van der Waals surface area contributed by atoms with Gasteiger partial charge in [0, 0.05) is 16.5 Å². The molecule has 0 radical (unpaired) electrons. The van der Waals surface area contributed by atoms with E-state index in [1.807, 2.05) is 13.0 Å². The predicted octanol–water partition coefficient (Wildman–Crippen LogP) is 2.48. The highest BCUT2D eigenvalue weighted by Crippen LogP contribution is 2.39. The fraction of sp³-hybridized carbons (Fsp3) is 0.333. The van der Waals surface area contributed by atoms with Crippen molar-refractivity contribution in [1.29, 1.82) is 0 Å². The first-order chi connectivity index (χ1) is 5.66. The summed E-state index contributed by atoms with van der Waals surface area (Å²) in [5.41, 5.74) is 1.08. The fourth-order valence-electron chi connectivity index (χ4n) is 1.47. The highest BCUT2D eigenvalue weighted by Gasteiger charge is 2.22. The molecule has 0 amide bonds. The molecule has 1 aliphatic rings. The first kappa shape index (κ1) is 7.92. The maximum Gasteiger partial charge on any atom is 0.164 e. The van der Waals surface area contributed by atoms with Crippen LogP contribution >= 0.6 is 15.9 Å². The Morgan fingerprint density at radius 3 is 3.08 bits per heavy atom. The standard InChI is InChI=1S/C9H9BrO2/c1-5-2-6-3-7(10)4-8(11)9(6)12-5/h3-5,11H,2H2,1H3. The quantitative estimate of drug-likeness (QED) is 0.740. The first-order valence-corrected chi connectivity index (χ1v) is 4.64. The molecule has 0 aliphatic carbocycles. The molecule has 1 N–H and O–H groups in total. The number of hydrogen-bond donors (Lipinski definition) is 1. The van der Waals surface area contributed by atoms with Crippen LogP contribution in [0.3, 0.4) is 0 Å². The van der Waals surface area contributed by atoms with Crippen LogP contribution < -0.4 is 4.74 Å². The minimum absolute atomic E-state index is 0.181. The van der Waals surface area contributed by atoms with Gasteiger partial charge < -0.3 is 9.84 Å². The van der Waals surface area contributed by atoms with Crippen molar-refractivity contribution >= 4 is 15.9 Å². The van der Waals surface area contributed by atoms with Gasteiger partial charge in [-0.2, -0.15) is 0 Å². The summed E-state index contributed by atoms with van der Waals surface area (Å²) < 4.78 is 6.32. The number of hydrogen-bond acceptors (Lipinski definition) is 2. The van der Waals surface area contributed by atoms with E-state index in [4.69, 9.17) is 4.74 Å². The van der Waals surface area contributed by atoms with Crippen LogP contribution in [0, 0.1) is 0 Å². The number of halogens is 1. The van der Waals surface area contributed by atoms with Crippen LogP contribution in [0.25, 0.3) is 0 Å². The van der Waals surface area contributed by atoms with E-state index in [2.05, 4.69) is 15.9 Å². The predicted molar refractivity (Wildman–Crippen MR) is 49.6 cm³/mol. The van der Waals surface area contributed by atoms with Crippen molar-refractivity contribution in [2.75, 3.05) is 0 Å². The van der Waals surface area contributed by atoms with Gasteiger partial charge in [-0.25, -0.2) is 0 Å². The molecule has 1 aromatic carbocycles. The molecule has 0 spiro atoms. The van der Waals surface area contributed by atoms with E-state index in [0.29, 0.717) is 5.75 Å². The molecular weight excluding hydrogens is 220 g/mol. The Hall–Kier alpha value is -0.700. The minimum atomic E-state index is 0.181. The lowest BCUT2D eigenvalue weighted by Gasteiger charge is -2.04. The highest BCUT2D eigenvalue weighted by molar-refractivity contribution is 9.10. The summed E-state index contributed by atoms with van der Waals surface area (Å²) in [6.07, 6.45) is 1.06. The third-order valence-electron chi connectivity index (χ3n) is 1.94. The van der Waals surface area contributed by atoms with Crippen LogP contribution in [-0.4, -0.2) is 11.2 Å². The molecule has 0 saturated carbocycles. The molecular formula is C9H9BrO2. The monoisotopic (exact) mass is 228 g/mol. The van der Waals surface area contributed by atoms with Crippen LogP contribution in [0.2, 0.25) is 0 Å². The molecule has 1 heterocycles. The average molecular weight is 229 g/mol. The van der Waals surface area contributed by atoms with E-state index in [1.54, 1.807) is 6.07 Å². The molecule has 0 saturated heterocycles. The Labute approximate surface area is 79.3 Å². The van der Waals surface area contributed by atoms with E-state index >= 15 is 0 Å². The molecule has 1 atom stereocenters. The Bertz CT molecular complexity index is 323. The Morgan fingerprint density at radius 2 is 2.33 bits per heavy atom. The van der Waals surface area contributed by atoms with Crippen molar-refractivity contribution in [3.05, 3.63) is 22.2 Å². The van der Waals surface area contributed by atoms with Crippen LogP contribution in [-0.2, 0) is 6.42 Å². The Morgan fingerprint density at radius 1 is 1.58 bits per heavy atom. The number of phenolic OH excluding ortho intramolecular Hbond substituents is 1. The van der Waals surface area contributed by atoms with Crippen molar-refractivity contribution in [3.8, 4) is 11.5 Å². The molecule has 0 aromatic heterocycles. The normalized spacial score (nSPS) is 20.3. The topological polar surface area (TPSA) is 29.5 Å². The molecule has 3 heteroatoms. The lowest BCUT2D eigenvalue weighted by atomic mass is 10.1. The number of aromatic hydroxyl groups is 1. The molecule has 1 unspecified atom stereocenters. The van der Waals surface area contributed by atoms with Crippen molar-refractivity contribution in [3.63, 3.8) is 0 Å². The maximum atomic E-state index is 9.47. The summed E-state index contributed by atoms with van der Waals surface area (Å²) in [7, 11) is 0. The average Bonchev–Trinajstić information content (AvgIpc) is 2.29.